The smallest absolute Gasteiger partial charge is 0.481 e. The maximum atomic E-state index is 13.7. The summed E-state index contributed by atoms with van der Waals surface area (Å²) < 4.78 is 15.8. The highest BCUT2D eigenvalue weighted by molar-refractivity contribution is 6.62. The lowest BCUT2D eigenvalue weighted by molar-refractivity contribution is -0.140. The highest BCUT2D eigenvalue weighted by Crippen LogP contribution is 2.25. The van der Waals surface area contributed by atoms with Gasteiger partial charge >= 0.3 is 20.2 Å². The van der Waals surface area contributed by atoms with Crippen molar-refractivity contribution in [3.8, 4) is 0 Å². The number of carbonyl (C=O) groups excluding carboxylic acids is 3. The van der Waals surface area contributed by atoms with Crippen LogP contribution in [0.5, 0.6) is 0 Å². The zero-order valence-electron chi connectivity index (χ0n) is 22.9. The molecule has 1 fully saturated rings. The van der Waals surface area contributed by atoms with Gasteiger partial charge in [0, 0.05) is 24.3 Å². The van der Waals surface area contributed by atoms with Crippen molar-refractivity contribution >= 4 is 48.9 Å². The van der Waals surface area contributed by atoms with Crippen LogP contribution in [0.15, 0.2) is 36.4 Å². The van der Waals surface area contributed by atoms with Crippen LogP contribution in [0.3, 0.4) is 0 Å². The van der Waals surface area contributed by atoms with E-state index in [1.807, 2.05) is 0 Å². The molecule has 3 aliphatic heterocycles. The lowest BCUT2D eigenvalue weighted by atomic mass is 9.78. The summed E-state index contributed by atoms with van der Waals surface area (Å²) in [4.78, 5) is 52.0. The Kier molecular flexibility index (Phi) is 8.66. The second-order valence-electron chi connectivity index (χ2n) is 10.8. The van der Waals surface area contributed by atoms with E-state index >= 15 is 0 Å². The van der Waals surface area contributed by atoms with Crippen molar-refractivity contribution < 1.29 is 48.4 Å². The van der Waals surface area contributed by atoms with Crippen LogP contribution in [0.25, 0.3) is 0 Å². The van der Waals surface area contributed by atoms with Crippen molar-refractivity contribution in [3.05, 3.63) is 58.7 Å². The minimum Gasteiger partial charge on any atom is -0.481 e. The van der Waals surface area contributed by atoms with Gasteiger partial charge in [0.2, 0.25) is 5.91 Å². The number of hydrogen-bond donors (Lipinski definition) is 6. The quantitative estimate of drug-likeness (QED) is 0.184. The Hall–Kier alpha value is -3.75. The molecule has 0 radical (unpaired) electrons. The van der Waals surface area contributed by atoms with Gasteiger partial charge in [-0.15, -0.1) is 0 Å². The molecule has 0 bridgehead atoms. The number of carbonyl (C=O) groups is 4. The SMILES string of the molecule is C[C@H](NC(=O)c1ccc2c(c1)B(O)OC2)[C@H](NC(=O)c1ccc2c(c1)B(O)OC2)C(=O)NC1(CC(=O)O)CCOCC1. The number of hydrogen-bond acceptors (Lipinski definition) is 9. The van der Waals surface area contributed by atoms with E-state index in [0.29, 0.717) is 10.9 Å². The van der Waals surface area contributed by atoms with Gasteiger partial charge < -0.3 is 45.2 Å². The topological polar surface area (TPSA) is 193 Å². The van der Waals surface area contributed by atoms with E-state index in [2.05, 4.69) is 16.0 Å². The molecule has 42 heavy (non-hydrogen) atoms. The van der Waals surface area contributed by atoms with Crippen LogP contribution in [0.4, 0.5) is 0 Å². The van der Waals surface area contributed by atoms with Crippen molar-refractivity contribution in [2.75, 3.05) is 13.2 Å². The summed E-state index contributed by atoms with van der Waals surface area (Å²) in [5.41, 5.74) is 1.67. The van der Waals surface area contributed by atoms with Crippen molar-refractivity contribution in [2.24, 2.45) is 0 Å². The number of benzene rings is 2. The second kappa shape index (κ2) is 12.2. The van der Waals surface area contributed by atoms with E-state index in [1.54, 1.807) is 25.1 Å². The summed E-state index contributed by atoms with van der Waals surface area (Å²) >= 11 is 0. The first-order chi connectivity index (χ1) is 20.0. The molecule has 0 aromatic heterocycles. The van der Waals surface area contributed by atoms with Gasteiger partial charge in [-0.25, -0.2) is 0 Å². The van der Waals surface area contributed by atoms with Crippen molar-refractivity contribution in [2.45, 2.75) is 57.0 Å². The van der Waals surface area contributed by atoms with Gasteiger partial charge in [0.15, 0.2) is 0 Å². The standard InChI is InChI=1S/C27H31B2N3O10/c1-15(30-24(35)16-2-4-18-13-41-28(38)20(18)10-16)23(26(37)32-27(12-22(33)34)6-8-40-9-7-27)31-25(36)17-3-5-19-14-42-29(39)21(19)11-17/h2-5,10-11,15,23,38-39H,6-9,12-14H2,1H3,(H,30,35)(H,31,36)(H,32,37)(H,33,34)/t15-,23-/m0/s1. The lowest BCUT2D eigenvalue weighted by Crippen LogP contribution is -2.63. The van der Waals surface area contributed by atoms with Crippen molar-refractivity contribution in [3.63, 3.8) is 0 Å². The second-order valence-corrected chi connectivity index (χ2v) is 10.8. The molecule has 220 valence electrons. The van der Waals surface area contributed by atoms with Crippen LogP contribution in [0.2, 0.25) is 0 Å². The number of aliphatic carboxylic acids is 1. The fraction of sp³-hybridized carbons (Fsp3) is 0.407. The van der Waals surface area contributed by atoms with Gasteiger partial charge in [0.1, 0.15) is 6.04 Å². The lowest BCUT2D eigenvalue weighted by Gasteiger charge is -2.38. The van der Waals surface area contributed by atoms with Crippen LogP contribution >= 0.6 is 0 Å². The van der Waals surface area contributed by atoms with Gasteiger partial charge in [-0.05, 0) is 66.1 Å². The molecule has 3 amide bonds. The number of ether oxygens (including phenoxy) is 1. The number of nitrogens with one attached hydrogen (secondary N) is 3. The molecule has 1 saturated heterocycles. The number of amides is 3. The van der Waals surface area contributed by atoms with E-state index in [9.17, 15) is 34.3 Å². The van der Waals surface area contributed by atoms with Crippen LogP contribution in [-0.2, 0) is 36.8 Å². The van der Waals surface area contributed by atoms with Crippen LogP contribution in [0, 0.1) is 0 Å². The minimum atomic E-state index is -1.31. The Morgan fingerprint density at radius 3 is 1.93 bits per heavy atom. The normalized spacial score (nSPS) is 18.5. The Balaban J connectivity index is 1.38. The molecule has 0 aliphatic carbocycles. The summed E-state index contributed by atoms with van der Waals surface area (Å²) in [5.74, 6) is -2.97. The summed E-state index contributed by atoms with van der Waals surface area (Å²) in [6, 6.07) is 7.13. The molecular weight excluding hydrogens is 548 g/mol. The summed E-state index contributed by atoms with van der Waals surface area (Å²) in [6.45, 7) is 2.47. The molecule has 5 rings (SSSR count). The molecule has 0 saturated carbocycles. The summed E-state index contributed by atoms with van der Waals surface area (Å²) in [5, 5.41) is 37.9. The third-order valence-electron chi connectivity index (χ3n) is 7.90. The zero-order chi connectivity index (χ0) is 30.0. The molecule has 15 heteroatoms. The monoisotopic (exact) mass is 579 g/mol. The molecule has 0 unspecified atom stereocenters. The van der Waals surface area contributed by atoms with E-state index in [1.165, 1.54) is 18.2 Å². The van der Waals surface area contributed by atoms with Crippen LogP contribution < -0.4 is 26.9 Å². The van der Waals surface area contributed by atoms with E-state index in [0.717, 1.165) is 11.1 Å². The largest absolute Gasteiger partial charge is 0.491 e. The number of carboxylic acids is 1. The molecule has 2 aromatic rings. The third-order valence-corrected chi connectivity index (χ3v) is 7.90. The van der Waals surface area contributed by atoms with Gasteiger partial charge in [0.25, 0.3) is 11.8 Å². The van der Waals surface area contributed by atoms with Crippen LogP contribution in [0.1, 0.15) is 58.0 Å². The highest BCUT2D eigenvalue weighted by Gasteiger charge is 2.40. The Labute approximate surface area is 242 Å². The van der Waals surface area contributed by atoms with Gasteiger partial charge in [-0.3, -0.25) is 19.2 Å². The van der Waals surface area contributed by atoms with Crippen molar-refractivity contribution in [1.82, 2.24) is 16.0 Å². The first kappa shape index (κ1) is 29.7. The molecule has 3 heterocycles. The van der Waals surface area contributed by atoms with Crippen molar-refractivity contribution in [1.29, 1.82) is 0 Å². The molecule has 2 atom stereocenters. The van der Waals surface area contributed by atoms with E-state index in [-0.39, 0.29) is 56.8 Å². The summed E-state index contributed by atoms with van der Waals surface area (Å²) in [7, 11) is -2.32. The minimum absolute atomic E-state index is 0.161. The molecule has 6 N–H and O–H groups in total. The first-order valence-electron chi connectivity index (χ1n) is 13.6. The third kappa shape index (κ3) is 6.35. The van der Waals surface area contributed by atoms with Gasteiger partial charge in [-0.2, -0.15) is 0 Å². The number of carboxylic acid groups (broad SMARTS) is 1. The maximum absolute atomic E-state index is 13.7. The molecule has 13 nitrogen and oxygen atoms in total. The molecule has 3 aliphatic rings. The highest BCUT2D eigenvalue weighted by atomic mass is 16.5. The van der Waals surface area contributed by atoms with Gasteiger partial charge in [0.05, 0.1) is 31.2 Å². The maximum Gasteiger partial charge on any atom is 0.491 e. The predicted molar refractivity (Wildman–Crippen MR) is 149 cm³/mol. The summed E-state index contributed by atoms with van der Waals surface area (Å²) in [6.07, 6.45) is 0.176. The Bertz CT molecular complexity index is 1400. The molecular formula is C27H31B2N3O10. The predicted octanol–water partition coefficient (Wildman–Crippen LogP) is -1.82. The zero-order valence-corrected chi connectivity index (χ0v) is 22.9. The van der Waals surface area contributed by atoms with E-state index < -0.39 is 55.6 Å². The van der Waals surface area contributed by atoms with E-state index in [4.69, 9.17) is 14.0 Å². The number of rotatable bonds is 9. The first-order valence-corrected chi connectivity index (χ1v) is 13.6. The average molecular weight is 579 g/mol. The fourth-order valence-electron chi connectivity index (χ4n) is 5.46. The molecule has 0 spiro atoms. The van der Waals surface area contributed by atoms with Crippen LogP contribution in [-0.4, -0.2) is 83.9 Å². The molecule has 2 aromatic carbocycles. The Morgan fingerprint density at radius 1 is 0.881 bits per heavy atom. The average Bonchev–Trinajstić information content (AvgIpc) is 3.52. The Morgan fingerprint density at radius 2 is 1.40 bits per heavy atom. The van der Waals surface area contributed by atoms with Gasteiger partial charge in [-0.1, -0.05) is 12.1 Å². The number of fused-ring (bicyclic) bond motifs is 2. The fourth-order valence-corrected chi connectivity index (χ4v) is 5.46.